The standard InChI is InChI=1S/C21H28N4O3/c1-14-19(21(28)25(23(14)2)17-6-4-3-5-7-17)13-24-11-16(10-18(26)12-24)22-20(27)15-8-9-15/h3-7,15-16,18,26H,8-13H2,1-2H3,(H,22,27)/t16-,18+/m0/s1. The highest BCUT2D eigenvalue weighted by Crippen LogP contribution is 2.29. The summed E-state index contributed by atoms with van der Waals surface area (Å²) in [5.74, 6) is 0.253. The minimum atomic E-state index is -0.501. The van der Waals surface area contributed by atoms with Crippen LogP contribution in [-0.2, 0) is 18.4 Å². The van der Waals surface area contributed by atoms with Gasteiger partial charge in [0.1, 0.15) is 0 Å². The molecule has 2 N–H and O–H groups in total. The van der Waals surface area contributed by atoms with Crippen LogP contribution in [0.25, 0.3) is 5.69 Å². The van der Waals surface area contributed by atoms with Gasteiger partial charge in [-0.2, -0.15) is 0 Å². The number of carbonyl (C=O) groups excluding carboxylic acids is 1. The molecule has 7 nitrogen and oxygen atoms in total. The van der Waals surface area contributed by atoms with E-state index in [1.165, 1.54) is 0 Å². The number of aliphatic hydroxyl groups excluding tert-OH is 1. The van der Waals surface area contributed by atoms with Crippen molar-refractivity contribution in [2.75, 3.05) is 13.1 Å². The number of benzene rings is 1. The summed E-state index contributed by atoms with van der Waals surface area (Å²) in [6.45, 7) is 3.57. The summed E-state index contributed by atoms with van der Waals surface area (Å²) in [5, 5.41) is 13.4. The second-order valence-corrected chi connectivity index (χ2v) is 8.10. The molecular formula is C21H28N4O3. The van der Waals surface area contributed by atoms with E-state index in [1.807, 2.05) is 49.0 Å². The third-order valence-corrected chi connectivity index (χ3v) is 5.85. The van der Waals surface area contributed by atoms with Gasteiger partial charge < -0.3 is 10.4 Å². The number of para-hydroxylation sites is 1. The Kier molecular flexibility index (Phi) is 5.12. The van der Waals surface area contributed by atoms with Crippen LogP contribution < -0.4 is 10.9 Å². The average molecular weight is 384 g/mol. The van der Waals surface area contributed by atoms with E-state index >= 15 is 0 Å². The molecule has 0 bridgehead atoms. The van der Waals surface area contributed by atoms with Gasteiger partial charge in [0.15, 0.2) is 0 Å². The normalized spacial score (nSPS) is 23.0. The lowest BCUT2D eigenvalue weighted by Gasteiger charge is -2.35. The first-order chi connectivity index (χ1) is 13.4. The molecule has 7 heteroatoms. The number of likely N-dealkylation sites (tertiary alicyclic amines) is 1. The van der Waals surface area contributed by atoms with Crippen molar-refractivity contribution < 1.29 is 9.90 Å². The van der Waals surface area contributed by atoms with Gasteiger partial charge in [0, 0.05) is 44.3 Å². The van der Waals surface area contributed by atoms with E-state index < -0.39 is 6.10 Å². The van der Waals surface area contributed by atoms with Gasteiger partial charge in [0.05, 0.1) is 17.4 Å². The quantitative estimate of drug-likeness (QED) is 0.804. The van der Waals surface area contributed by atoms with Gasteiger partial charge in [-0.25, -0.2) is 4.68 Å². The van der Waals surface area contributed by atoms with Crippen molar-refractivity contribution in [2.24, 2.45) is 13.0 Å². The van der Waals surface area contributed by atoms with E-state index in [4.69, 9.17) is 0 Å². The Bertz CT molecular complexity index is 914. The third kappa shape index (κ3) is 3.77. The SMILES string of the molecule is Cc1c(CN2C[C@H](O)C[C@H](NC(=O)C3CC3)C2)c(=O)n(-c2ccccc2)n1C. The van der Waals surface area contributed by atoms with Gasteiger partial charge in [-0.05, 0) is 38.3 Å². The van der Waals surface area contributed by atoms with E-state index in [0.29, 0.717) is 26.1 Å². The van der Waals surface area contributed by atoms with Crippen LogP contribution in [-0.4, -0.2) is 50.5 Å². The molecule has 1 aliphatic carbocycles. The fourth-order valence-electron chi connectivity index (χ4n) is 4.09. The zero-order chi connectivity index (χ0) is 19.8. The Hall–Kier alpha value is -2.38. The van der Waals surface area contributed by atoms with Crippen LogP contribution in [0.3, 0.4) is 0 Å². The molecule has 1 aliphatic heterocycles. The molecule has 1 saturated heterocycles. The fraction of sp³-hybridized carbons (Fsp3) is 0.524. The predicted molar refractivity (Wildman–Crippen MR) is 106 cm³/mol. The second-order valence-electron chi connectivity index (χ2n) is 8.10. The minimum Gasteiger partial charge on any atom is -0.392 e. The van der Waals surface area contributed by atoms with Crippen molar-refractivity contribution in [3.8, 4) is 5.69 Å². The topological polar surface area (TPSA) is 79.5 Å². The summed E-state index contributed by atoms with van der Waals surface area (Å²) in [6.07, 6.45) is 2.00. The minimum absolute atomic E-state index is 0.0372. The molecule has 28 heavy (non-hydrogen) atoms. The first kappa shape index (κ1) is 19.0. The zero-order valence-corrected chi connectivity index (χ0v) is 16.5. The summed E-state index contributed by atoms with van der Waals surface area (Å²) in [7, 11) is 1.89. The number of aromatic nitrogens is 2. The second kappa shape index (κ2) is 7.56. The number of amides is 1. The first-order valence-electron chi connectivity index (χ1n) is 9.97. The van der Waals surface area contributed by atoms with Crippen molar-refractivity contribution in [3.05, 3.63) is 51.9 Å². The largest absolute Gasteiger partial charge is 0.392 e. The highest BCUT2D eigenvalue weighted by Gasteiger charge is 2.34. The number of carbonyl (C=O) groups is 1. The highest BCUT2D eigenvalue weighted by atomic mass is 16.3. The molecule has 2 atom stereocenters. The van der Waals surface area contributed by atoms with Crippen molar-refractivity contribution in [3.63, 3.8) is 0 Å². The van der Waals surface area contributed by atoms with Crippen molar-refractivity contribution in [1.82, 2.24) is 19.6 Å². The van der Waals surface area contributed by atoms with Gasteiger partial charge >= 0.3 is 0 Å². The Morgan fingerprint density at radius 3 is 2.61 bits per heavy atom. The Balaban J connectivity index is 1.53. The molecule has 4 rings (SSSR count). The molecular weight excluding hydrogens is 356 g/mol. The summed E-state index contributed by atoms with van der Waals surface area (Å²) in [5.41, 5.74) is 2.43. The monoisotopic (exact) mass is 384 g/mol. The average Bonchev–Trinajstić information content (AvgIpc) is 3.48. The number of rotatable bonds is 5. The van der Waals surface area contributed by atoms with Crippen molar-refractivity contribution >= 4 is 5.91 Å². The predicted octanol–water partition coefficient (Wildman–Crippen LogP) is 0.946. The molecule has 2 aromatic rings. The third-order valence-electron chi connectivity index (χ3n) is 5.85. The number of β-amino-alcohol motifs (C(OH)–C–C–N with tert-alkyl or cyclic N) is 1. The molecule has 1 amide bonds. The molecule has 2 heterocycles. The van der Waals surface area contributed by atoms with Gasteiger partial charge in [-0.1, -0.05) is 18.2 Å². The van der Waals surface area contributed by atoms with E-state index in [0.717, 1.165) is 29.8 Å². The summed E-state index contributed by atoms with van der Waals surface area (Å²) in [4.78, 5) is 27.3. The van der Waals surface area contributed by atoms with Gasteiger partial charge in [-0.15, -0.1) is 0 Å². The number of nitrogens with one attached hydrogen (secondary N) is 1. The van der Waals surface area contributed by atoms with Gasteiger partial charge in [0.25, 0.3) is 5.56 Å². The summed E-state index contributed by atoms with van der Waals surface area (Å²) in [6, 6.07) is 9.51. The molecule has 2 fully saturated rings. The lowest BCUT2D eigenvalue weighted by atomic mass is 10.0. The lowest BCUT2D eigenvalue weighted by molar-refractivity contribution is -0.123. The number of piperidine rings is 1. The molecule has 150 valence electrons. The lowest BCUT2D eigenvalue weighted by Crippen LogP contribution is -2.52. The summed E-state index contributed by atoms with van der Waals surface area (Å²) < 4.78 is 3.55. The maximum Gasteiger partial charge on any atom is 0.276 e. The molecule has 1 saturated carbocycles. The number of hydrogen-bond acceptors (Lipinski definition) is 4. The molecule has 0 unspecified atom stereocenters. The van der Waals surface area contributed by atoms with Crippen LogP contribution in [0.15, 0.2) is 35.1 Å². The molecule has 1 aromatic carbocycles. The van der Waals surface area contributed by atoms with Crippen LogP contribution in [0.1, 0.15) is 30.5 Å². The Labute approximate surface area is 164 Å². The highest BCUT2D eigenvalue weighted by molar-refractivity contribution is 5.81. The smallest absolute Gasteiger partial charge is 0.276 e. The van der Waals surface area contributed by atoms with Crippen LogP contribution in [0, 0.1) is 12.8 Å². The number of aliphatic hydroxyl groups is 1. The van der Waals surface area contributed by atoms with Gasteiger partial charge in [0.2, 0.25) is 5.91 Å². The van der Waals surface area contributed by atoms with E-state index in [9.17, 15) is 14.7 Å². The van der Waals surface area contributed by atoms with Crippen molar-refractivity contribution in [2.45, 2.75) is 44.9 Å². The van der Waals surface area contributed by atoms with E-state index in [2.05, 4.69) is 10.2 Å². The zero-order valence-electron chi connectivity index (χ0n) is 16.5. The van der Waals surface area contributed by atoms with Crippen molar-refractivity contribution in [1.29, 1.82) is 0 Å². The summed E-state index contributed by atoms with van der Waals surface area (Å²) >= 11 is 0. The Morgan fingerprint density at radius 1 is 1.21 bits per heavy atom. The molecule has 2 aliphatic rings. The molecule has 0 radical (unpaired) electrons. The van der Waals surface area contributed by atoms with E-state index in [-0.39, 0.29) is 23.4 Å². The maximum absolute atomic E-state index is 13.1. The first-order valence-corrected chi connectivity index (χ1v) is 9.97. The number of hydrogen-bond donors (Lipinski definition) is 2. The fourth-order valence-corrected chi connectivity index (χ4v) is 4.09. The van der Waals surface area contributed by atoms with Crippen LogP contribution in [0.5, 0.6) is 0 Å². The van der Waals surface area contributed by atoms with Crippen LogP contribution in [0.4, 0.5) is 0 Å². The van der Waals surface area contributed by atoms with Gasteiger partial charge in [-0.3, -0.25) is 19.2 Å². The molecule has 0 spiro atoms. The number of nitrogens with zero attached hydrogens (tertiary/aromatic N) is 3. The molecule has 1 aromatic heterocycles. The Morgan fingerprint density at radius 2 is 1.93 bits per heavy atom. The van der Waals surface area contributed by atoms with Crippen LogP contribution in [0.2, 0.25) is 0 Å². The van der Waals surface area contributed by atoms with E-state index in [1.54, 1.807) is 4.68 Å². The van der Waals surface area contributed by atoms with Crippen LogP contribution >= 0.6 is 0 Å². The maximum atomic E-state index is 13.1.